The van der Waals surface area contributed by atoms with Crippen LogP contribution in [0.2, 0.25) is 0 Å². The van der Waals surface area contributed by atoms with Gasteiger partial charge < -0.3 is 15.4 Å². The quantitative estimate of drug-likeness (QED) is 0.748. The van der Waals surface area contributed by atoms with E-state index in [1.165, 1.54) is 0 Å². The zero-order valence-corrected chi connectivity index (χ0v) is 10.0. The molecule has 1 heterocycles. The van der Waals surface area contributed by atoms with Crippen molar-refractivity contribution in [1.29, 1.82) is 5.26 Å². The molecule has 1 atom stereocenters. The van der Waals surface area contributed by atoms with Crippen LogP contribution in [-0.4, -0.2) is 25.8 Å². The molecule has 0 amide bonds. The number of hydrogen-bond acceptors (Lipinski definition) is 4. The van der Waals surface area contributed by atoms with E-state index < -0.39 is 0 Å². The second-order valence-corrected chi connectivity index (χ2v) is 4.37. The fourth-order valence-electron chi connectivity index (χ4n) is 2.10. The monoisotopic (exact) mass is 231 g/mol. The maximum atomic E-state index is 8.92. The molecule has 1 unspecified atom stereocenters. The molecular weight excluding hydrogens is 214 g/mol. The van der Waals surface area contributed by atoms with Crippen LogP contribution >= 0.6 is 0 Å². The summed E-state index contributed by atoms with van der Waals surface area (Å²) < 4.78 is 5.60. The van der Waals surface area contributed by atoms with E-state index in [1.54, 1.807) is 12.1 Å². The third-order valence-corrected chi connectivity index (χ3v) is 2.95. The summed E-state index contributed by atoms with van der Waals surface area (Å²) in [5, 5.41) is 8.92. The molecule has 1 aromatic carbocycles. The van der Waals surface area contributed by atoms with Crippen molar-refractivity contribution in [3.8, 4) is 6.07 Å². The number of anilines is 2. The standard InChI is InChI=1S/C13H17N3O/c1-10-9-16(5-2-6-17-10)13-7-11(8-14)3-4-12(13)15/h3-4,7,10H,2,5-6,9,15H2,1H3. The van der Waals surface area contributed by atoms with E-state index in [0.29, 0.717) is 5.56 Å². The molecule has 17 heavy (non-hydrogen) atoms. The van der Waals surface area contributed by atoms with E-state index in [4.69, 9.17) is 15.7 Å². The minimum Gasteiger partial charge on any atom is -0.397 e. The Balaban J connectivity index is 2.28. The third kappa shape index (κ3) is 2.69. The van der Waals surface area contributed by atoms with Gasteiger partial charge in [-0.15, -0.1) is 0 Å². The zero-order chi connectivity index (χ0) is 12.3. The SMILES string of the molecule is CC1CN(c2cc(C#N)ccc2N)CCCO1. The first kappa shape index (κ1) is 11.7. The van der Waals surface area contributed by atoms with Gasteiger partial charge in [0.05, 0.1) is 29.1 Å². The van der Waals surface area contributed by atoms with Crippen LogP contribution in [0.3, 0.4) is 0 Å². The lowest BCUT2D eigenvalue weighted by Crippen LogP contribution is -2.30. The van der Waals surface area contributed by atoms with Crippen LogP contribution in [0.15, 0.2) is 18.2 Å². The van der Waals surface area contributed by atoms with Crippen molar-refractivity contribution in [2.75, 3.05) is 30.3 Å². The normalized spacial score (nSPS) is 20.7. The molecule has 1 aliphatic heterocycles. The van der Waals surface area contributed by atoms with E-state index in [1.807, 2.05) is 6.07 Å². The smallest absolute Gasteiger partial charge is 0.0992 e. The summed E-state index contributed by atoms with van der Waals surface area (Å²) in [5.41, 5.74) is 8.29. The number of ether oxygens (including phenoxy) is 1. The molecule has 1 aliphatic rings. The largest absolute Gasteiger partial charge is 0.397 e. The van der Waals surface area contributed by atoms with Crippen molar-refractivity contribution in [2.45, 2.75) is 19.4 Å². The molecule has 0 spiro atoms. The van der Waals surface area contributed by atoms with E-state index in [0.717, 1.165) is 37.5 Å². The molecule has 0 radical (unpaired) electrons. The van der Waals surface area contributed by atoms with Crippen LogP contribution in [0.1, 0.15) is 18.9 Å². The maximum Gasteiger partial charge on any atom is 0.0992 e. The lowest BCUT2D eigenvalue weighted by atomic mass is 10.1. The van der Waals surface area contributed by atoms with Gasteiger partial charge in [-0.25, -0.2) is 0 Å². The van der Waals surface area contributed by atoms with Gasteiger partial charge in [0.15, 0.2) is 0 Å². The van der Waals surface area contributed by atoms with Crippen LogP contribution in [0.25, 0.3) is 0 Å². The molecule has 4 nitrogen and oxygen atoms in total. The van der Waals surface area contributed by atoms with Crippen LogP contribution in [0.4, 0.5) is 11.4 Å². The highest BCUT2D eigenvalue weighted by Gasteiger charge is 2.17. The van der Waals surface area contributed by atoms with Gasteiger partial charge in [-0.1, -0.05) is 0 Å². The Labute approximate surface area is 102 Å². The Morgan fingerprint density at radius 2 is 2.35 bits per heavy atom. The summed E-state index contributed by atoms with van der Waals surface area (Å²) >= 11 is 0. The van der Waals surface area contributed by atoms with Crippen molar-refractivity contribution in [2.24, 2.45) is 0 Å². The fourth-order valence-corrected chi connectivity index (χ4v) is 2.10. The van der Waals surface area contributed by atoms with Gasteiger partial charge in [0.25, 0.3) is 0 Å². The first-order valence-corrected chi connectivity index (χ1v) is 5.87. The van der Waals surface area contributed by atoms with Crippen LogP contribution < -0.4 is 10.6 Å². The molecule has 1 fully saturated rings. The average Bonchev–Trinajstić information content (AvgIpc) is 2.54. The van der Waals surface area contributed by atoms with E-state index in [9.17, 15) is 0 Å². The van der Waals surface area contributed by atoms with Gasteiger partial charge in [-0.05, 0) is 31.5 Å². The summed E-state index contributed by atoms with van der Waals surface area (Å²) in [6.07, 6.45) is 1.18. The molecule has 1 aromatic rings. The molecule has 0 saturated carbocycles. The van der Waals surface area contributed by atoms with Gasteiger partial charge >= 0.3 is 0 Å². The Hall–Kier alpha value is -1.73. The summed E-state index contributed by atoms with van der Waals surface area (Å²) in [7, 11) is 0. The number of nitriles is 1. The van der Waals surface area contributed by atoms with E-state index in [2.05, 4.69) is 17.9 Å². The average molecular weight is 231 g/mol. The van der Waals surface area contributed by atoms with Gasteiger partial charge in [-0.2, -0.15) is 5.26 Å². The molecule has 90 valence electrons. The summed E-state index contributed by atoms with van der Waals surface area (Å²) in [5.74, 6) is 0. The molecule has 2 N–H and O–H groups in total. The molecule has 0 aromatic heterocycles. The minimum absolute atomic E-state index is 0.197. The van der Waals surface area contributed by atoms with Crippen molar-refractivity contribution in [1.82, 2.24) is 0 Å². The summed E-state index contributed by atoms with van der Waals surface area (Å²) in [4.78, 5) is 2.20. The number of rotatable bonds is 1. The highest BCUT2D eigenvalue weighted by Crippen LogP contribution is 2.26. The highest BCUT2D eigenvalue weighted by molar-refractivity contribution is 5.69. The minimum atomic E-state index is 0.197. The van der Waals surface area contributed by atoms with Crippen molar-refractivity contribution >= 4 is 11.4 Å². The van der Waals surface area contributed by atoms with Crippen LogP contribution in [0.5, 0.6) is 0 Å². The first-order valence-electron chi connectivity index (χ1n) is 5.87. The Morgan fingerprint density at radius 1 is 1.53 bits per heavy atom. The lowest BCUT2D eigenvalue weighted by Gasteiger charge is -2.25. The molecule has 1 saturated heterocycles. The predicted molar refractivity (Wildman–Crippen MR) is 67.8 cm³/mol. The lowest BCUT2D eigenvalue weighted by molar-refractivity contribution is 0.0821. The summed E-state index contributed by atoms with van der Waals surface area (Å²) in [6, 6.07) is 7.54. The van der Waals surface area contributed by atoms with Gasteiger partial charge in [0, 0.05) is 19.7 Å². The Kier molecular flexibility index (Phi) is 3.50. The molecular formula is C13H17N3O. The molecule has 4 heteroatoms. The molecule has 2 rings (SSSR count). The van der Waals surface area contributed by atoms with Crippen LogP contribution in [-0.2, 0) is 4.74 Å². The number of nitrogens with two attached hydrogens (primary N) is 1. The third-order valence-electron chi connectivity index (χ3n) is 2.95. The summed E-state index contributed by atoms with van der Waals surface area (Å²) in [6.45, 7) is 4.58. The predicted octanol–water partition coefficient (Wildman–Crippen LogP) is 1.76. The molecule has 0 aliphatic carbocycles. The first-order chi connectivity index (χ1) is 8.20. The maximum absolute atomic E-state index is 8.92. The zero-order valence-electron chi connectivity index (χ0n) is 10.0. The fraction of sp³-hybridized carbons (Fsp3) is 0.462. The molecule has 0 bridgehead atoms. The Morgan fingerprint density at radius 3 is 3.12 bits per heavy atom. The number of hydrogen-bond donors (Lipinski definition) is 1. The second kappa shape index (κ2) is 5.07. The van der Waals surface area contributed by atoms with Crippen molar-refractivity contribution < 1.29 is 4.74 Å². The Bertz CT molecular complexity index is 439. The van der Waals surface area contributed by atoms with E-state index in [-0.39, 0.29) is 6.10 Å². The van der Waals surface area contributed by atoms with Gasteiger partial charge in [0.1, 0.15) is 0 Å². The van der Waals surface area contributed by atoms with E-state index >= 15 is 0 Å². The topological polar surface area (TPSA) is 62.3 Å². The second-order valence-electron chi connectivity index (χ2n) is 4.37. The van der Waals surface area contributed by atoms with Gasteiger partial charge in [-0.3, -0.25) is 0 Å². The van der Waals surface area contributed by atoms with Crippen LogP contribution in [0, 0.1) is 11.3 Å². The number of nitrogen functional groups attached to an aromatic ring is 1. The number of benzene rings is 1. The van der Waals surface area contributed by atoms with Crippen molar-refractivity contribution in [3.63, 3.8) is 0 Å². The highest BCUT2D eigenvalue weighted by atomic mass is 16.5. The number of nitrogens with zero attached hydrogens (tertiary/aromatic N) is 2. The van der Waals surface area contributed by atoms with Gasteiger partial charge in [0.2, 0.25) is 0 Å². The van der Waals surface area contributed by atoms with Crippen molar-refractivity contribution in [3.05, 3.63) is 23.8 Å².